The molecule has 1 fully saturated rings. The van der Waals surface area contributed by atoms with Crippen molar-refractivity contribution in [2.75, 3.05) is 0 Å². The van der Waals surface area contributed by atoms with E-state index >= 15 is 0 Å². The Kier molecular flexibility index (Phi) is 3.53. The number of fused-ring (bicyclic) bond motifs is 2. The van der Waals surface area contributed by atoms with E-state index in [1.807, 2.05) is 5.57 Å². The van der Waals surface area contributed by atoms with E-state index in [1.165, 1.54) is 57.8 Å². The molecule has 0 aliphatic heterocycles. The summed E-state index contributed by atoms with van der Waals surface area (Å²) in [5, 5.41) is 0. The van der Waals surface area contributed by atoms with Gasteiger partial charge in [0, 0.05) is 0 Å². The van der Waals surface area contributed by atoms with Crippen molar-refractivity contribution in [2.24, 2.45) is 11.3 Å². The van der Waals surface area contributed by atoms with Crippen LogP contribution in [0.25, 0.3) is 0 Å². The summed E-state index contributed by atoms with van der Waals surface area (Å²) in [5.41, 5.74) is 2.53. The first-order valence-electron chi connectivity index (χ1n) is 7.00. The molecule has 0 saturated heterocycles. The molecule has 2 bridgehead atoms. The van der Waals surface area contributed by atoms with Gasteiger partial charge in [-0.2, -0.15) is 0 Å². The van der Waals surface area contributed by atoms with E-state index in [4.69, 9.17) is 0 Å². The molecule has 2 rings (SSSR count). The molecule has 0 spiro atoms. The molecular formula is C15H26. The summed E-state index contributed by atoms with van der Waals surface area (Å²) in [6.07, 6.45) is 15.5. The van der Waals surface area contributed by atoms with Gasteiger partial charge in [0.05, 0.1) is 0 Å². The van der Waals surface area contributed by atoms with E-state index in [9.17, 15) is 0 Å². The molecule has 0 N–H and O–H groups in total. The highest BCUT2D eigenvalue weighted by atomic mass is 14.5. The van der Waals surface area contributed by atoms with Crippen LogP contribution in [0.3, 0.4) is 0 Å². The second kappa shape index (κ2) is 4.72. The fraction of sp³-hybridized carbons (Fsp3) is 0.867. The van der Waals surface area contributed by atoms with Crippen molar-refractivity contribution in [1.29, 1.82) is 0 Å². The molecular weight excluding hydrogens is 180 g/mol. The van der Waals surface area contributed by atoms with E-state index in [-0.39, 0.29) is 0 Å². The maximum Gasteiger partial charge on any atom is -0.00851 e. The molecule has 0 amide bonds. The van der Waals surface area contributed by atoms with Gasteiger partial charge in [-0.15, -0.1) is 0 Å². The quantitative estimate of drug-likeness (QED) is 0.531. The highest BCUT2D eigenvalue weighted by Crippen LogP contribution is 2.57. The van der Waals surface area contributed by atoms with Gasteiger partial charge in [0.25, 0.3) is 0 Å². The summed E-state index contributed by atoms with van der Waals surface area (Å²) < 4.78 is 0. The Morgan fingerprint density at radius 3 is 2.27 bits per heavy atom. The Morgan fingerprint density at radius 1 is 1.20 bits per heavy atom. The first kappa shape index (κ1) is 11.2. The molecule has 0 aromatic heterocycles. The number of unbranched alkanes of at least 4 members (excludes halogenated alkanes) is 2. The Labute approximate surface area is 95.1 Å². The molecule has 0 nitrogen and oxygen atoms in total. The molecule has 0 radical (unpaired) electrons. The van der Waals surface area contributed by atoms with E-state index < -0.39 is 0 Å². The Balaban J connectivity index is 2.02. The fourth-order valence-electron chi connectivity index (χ4n) is 3.74. The first-order valence-corrected chi connectivity index (χ1v) is 7.00. The van der Waals surface area contributed by atoms with Crippen molar-refractivity contribution in [3.63, 3.8) is 0 Å². The molecule has 1 unspecified atom stereocenters. The van der Waals surface area contributed by atoms with Gasteiger partial charge in [0.2, 0.25) is 0 Å². The Bertz CT molecular complexity index is 228. The lowest BCUT2D eigenvalue weighted by Gasteiger charge is -2.33. The van der Waals surface area contributed by atoms with Crippen molar-refractivity contribution in [3.8, 4) is 0 Å². The average molecular weight is 206 g/mol. The minimum absolute atomic E-state index is 0.676. The van der Waals surface area contributed by atoms with Gasteiger partial charge in [0.15, 0.2) is 0 Å². The predicted octanol–water partition coefficient (Wildman–Crippen LogP) is 5.09. The van der Waals surface area contributed by atoms with Gasteiger partial charge in [-0.1, -0.05) is 51.2 Å². The van der Waals surface area contributed by atoms with Crippen LogP contribution in [0.1, 0.15) is 71.6 Å². The second-order valence-corrected chi connectivity index (χ2v) is 5.73. The number of rotatable bonds is 6. The zero-order valence-corrected chi connectivity index (χ0v) is 10.5. The SMILES string of the molecule is CCCCC1(CCCC)CC2CC=C1C2. The third-order valence-electron chi connectivity index (χ3n) is 4.58. The third kappa shape index (κ3) is 2.14. The van der Waals surface area contributed by atoms with Gasteiger partial charge in [0.1, 0.15) is 0 Å². The third-order valence-corrected chi connectivity index (χ3v) is 4.58. The minimum atomic E-state index is 0.676. The summed E-state index contributed by atoms with van der Waals surface area (Å²) in [7, 11) is 0. The van der Waals surface area contributed by atoms with Crippen molar-refractivity contribution in [3.05, 3.63) is 11.6 Å². The van der Waals surface area contributed by atoms with Crippen LogP contribution in [-0.2, 0) is 0 Å². The second-order valence-electron chi connectivity index (χ2n) is 5.73. The summed E-state index contributed by atoms with van der Waals surface area (Å²) in [6, 6.07) is 0. The minimum Gasteiger partial charge on any atom is -0.0845 e. The van der Waals surface area contributed by atoms with E-state index in [2.05, 4.69) is 19.9 Å². The Hall–Kier alpha value is -0.260. The van der Waals surface area contributed by atoms with Gasteiger partial charge in [-0.05, 0) is 43.4 Å². The Morgan fingerprint density at radius 2 is 1.87 bits per heavy atom. The lowest BCUT2D eigenvalue weighted by atomic mass is 9.71. The van der Waals surface area contributed by atoms with E-state index in [1.54, 1.807) is 0 Å². The molecule has 86 valence electrons. The fourth-order valence-corrected chi connectivity index (χ4v) is 3.74. The van der Waals surface area contributed by atoms with Crippen LogP contribution in [0, 0.1) is 11.3 Å². The standard InChI is InChI=1S/C15H26/c1-3-5-9-15(10-6-4-2)12-13-7-8-14(15)11-13/h8,13H,3-7,9-12H2,1-2H3. The van der Waals surface area contributed by atoms with Crippen molar-refractivity contribution < 1.29 is 0 Å². The van der Waals surface area contributed by atoms with E-state index in [0.717, 1.165) is 5.92 Å². The predicted molar refractivity (Wildman–Crippen MR) is 66.9 cm³/mol. The molecule has 2 aliphatic rings. The smallest absolute Gasteiger partial charge is 0.00851 e. The number of hydrogen-bond donors (Lipinski definition) is 0. The van der Waals surface area contributed by atoms with Crippen LogP contribution >= 0.6 is 0 Å². The van der Waals surface area contributed by atoms with Crippen molar-refractivity contribution in [2.45, 2.75) is 71.6 Å². The highest BCUT2D eigenvalue weighted by Gasteiger charge is 2.44. The zero-order chi connectivity index (χ0) is 10.7. The molecule has 0 aromatic rings. The number of allylic oxidation sites excluding steroid dienone is 2. The van der Waals surface area contributed by atoms with Crippen LogP contribution in [0.2, 0.25) is 0 Å². The normalized spacial score (nSPS) is 27.1. The van der Waals surface area contributed by atoms with Gasteiger partial charge >= 0.3 is 0 Å². The molecule has 0 heterocycles. The van der Waals surface area contributed by atoms with Crippen LogP contribution in [0.5, 0.6) is 0 Å². The summed E-state index contributed by atoms with van der Waals surface area (Å²) >= 11 is 0. The van der Waals surface area contributed by atoms with Crippen LogP contribution in [0.4, 0.5) is 0 Å². The summed E-state index contributed by atoms with van der Waals surface area (Å²) in [5.74, 6) is 1.04. The highest BCUT2D eigenvalue weighted by molar-refractivity contribution is 5.26. The lowest BCUT2D eigenvalue weighted by molar-refractivity contribution is 0.259. The number of hydrogen-bond acceptors (Lipinski definition) is 0. The van der Waals surface area contributed by atoms with Gasteiger partial charge < -0.3 is 0 Å². The molecule has 2 aliphatic carbocycles. The monoisotopic (exact) mass is 206 g/mol. The summed E-state index contributed by atoms with van der Waals surface area (Å²) in [6.45, 7) is 4.66. The maximum atomic E-state index is 2.58. The maximum absolute atomic E-state index is 2.58. The van der Waals surface area contributed by atoms with Crippen LogP contribution < -0.4 is 0 Å². The van der Waals surface area contributed by atoms with Crippen LogP contribution in [0.15, 0.2) is 11.6 Å². The van der Waals surface area contributed by atoms with Gasteiger partial charge in [-0.3, -0.25) is 0 Å². The molecule has 1 saturated carbocycles. The molecule has 15 heavy (non-hydrogen) atoms. The lowest BCUT2D eigenvalue weighted by Crippen LogP contribution is -2.21. The van der Waals surface area contributed by atoms with Crippen LogP contribution in [-0.4, -0.2) is 0 Å². The van der Waals surface area contributed by atoms with Crippen molar-refractivity contribution >= 4 is 0 Å². The van der Waals surface area contributed by atoms with E-state index in [0.29, 0.717) is 5.41 Å². The molecule has 0 heteroatoms. The topological polar surface area (TPSA) is 0 Å². The largest absolute Gasteiger partial charge is 0.0845 e. The molecule has 0 aromatic carbocycles. The first-order chi connectivity index (χ1) is 7.30. The molecule has 1 atom stereocenters. The average Bonchev–Trinajstić information content (AvgIpc) is 2.84. The van der Waals surface area contributed by atoms with Gasteiger partial charge in [-0.25, -0.2) is 0 Å². The summed E-state index contributed by atoms with van der Waals surface area (Å²) in [4.78, 5) is 0. The zero-order valence-electron chi connectivity index (χ0n) is 10.5. The van der Waals surface area contributed by atoms with Crippen molar-refractivity contribution in [1.82, 2.24) is 0 Å².